The van der Waals surface area contributed by atoms with Gasteiger partial charge in [-0.2, -0.15) is 0 Å². The molecule has 1 heterocycles. The lowest BCUT2D eigenvalue weighted by Gasteiger charge is -2.17. The predicted octanol–water partition coefficient (Wildman–Crippen LogP) is 2.55. The summed E-state index contributed by atoms with van der Waals surface area (Å²) in [7, 11) is 0. The molecule has 5 heteroatoms. The van der Waals surface area contributed by atoms with Crippen LogP contribution in [0.5, 0.6) is 0 Å². The second-order valence-electron chi connectivity index (χ2n) is 5.50. The van der Waals surface area contributed by atoms with Gasteiger partial charge in [0.25, 0.3) is 0 Å². The summed E-state index contributed by atoms with van der Waals surface area (Å²) in [6.45, 7) is 3.23. The van der Waals surface area contributed by atoms with Gasteiger partial charge in [0.05, 0.1) is 16.9 Å². The Bertz CT molecular complexity index is 644. The minimum atomic E-state index is -0.448. The highest BCUT2D eigenvalue weighted by Crippen LogP contribution is 2.32. The molecule has 2 atom stereocenters. The molecule has 1 aliphatic rings. The van der Waals surface area contributed by atoms with E-state index in [1.165, 1.54) is 19.3 Å². The lowest BCUT2D eigenvalue weighted by molar-refractivity contribution is 0.440. The molecule has 0 amide bonds. The van der Waals surface area contributed by atoms with Crippen LogP contribution in [0.2, 0.25) is 0 Å². The first kappa shape index (κ1) is 12.1. The highest BCUT2D eigenvalue weighted by atomic mass is 16.4. The van der Waals surface area contributed by atoms with Crippen molar-refractivity contribution in [3.8, 4) is 0 Å². The van der Waals surface area contributed by atoms with E-state index in [1.54, 1.807) is 6.07 Å². The SMILES string of the molecule is CC1CCCC1CNc1cc2[nH]c(=O)oc2cc1N. The first-order valence-electron chi connectivity index (χ1n) is 6.79. The van der Waals surface area contributed by atoms with E-state index >= 15 is 0 Å². The third-order valence-electron chi connectivity index (χ3n) is 4.18. The number of nitrogens with two attached hydrogens (primary N) is 1. The molecular formula is C14H19N3O2. The summed E-state index contributed by atoms with van der Waals surface area (Å²) in [6.07, 6.45) is 3.91. The molecule has 2 unspecified atom stereocenters. The topological polar surface area (TPSA) is 84.0 Å². The molecule has 3 rings (SSSR count). The van der Waals surface area contributed by atoms with Crippen molar-refractivity contribution in [2.45, 2.75) is 26.2 Å². The van der Waals surface area contributed by atoms with Gasteiger partial charge in [0.2, 0.25) is 0 Å². The van der Waals surface area contributed by atoms with Crippen LogP contribution in [0.1, 0.15) is 26.2 Å². The van der Waals surface area contributed by atoms with Crippen molar-refractivity contribution in [2.75, 3.05) is 17.6 Å². The van der Waals surface area contributed by atoms with Gasteiger partial charge in [-0.05, 0) is 24.3 Å². The Labute approximate surface area is 111 Å². The standard InChI is InChI=1S/C14H19N3O2/c1-8-3-2-4-9(8)7-16-11-6-12-13(5-10(11)15)19-14(18)17-12/h5-6,8-9,16H,2-4,7,15H2,1H3,(H,17,18). The number of nitrogens with one attached hydrogen (secondary N) is 2. The number of fused-ring (bicyclic) bond motifs is 1. The van der Waals surface area contributed by atoms with E-state index in [9.17, 15) is 4.79 Å². The van der Waals surface area contributed by atoms with E-state index in [0.29, 0.717) is 22.7 Å². The molecule has 19 heavy (non-hydrogen) atoms. The molecule has 5 nitrogen and oxygen atoms in total. The summed E-state index contributed by atoms with van der Waals surface area (Å²) in [5, 5.41) is 3.40. The number of oxazole rings is 1. The summed E-state index contributed by atoms with van der Waals surface area (Å²) in [5.41, 5.74) is 8.64. The van der Waals surface area contributed by atoms with Crippen LogP contribution in [-0.2, 0) is 0 Å². The quantitative estimate of drug-likeness (QED) is 0.741. The lowest BCUT2D eigenvalue weighted by atomic mass is 9.98. The number of hydrogen-bond acceptors (Lipinski definition) is 4. The van der Waals surface area contributed by atoms with Gasteiger partial charge in [0, 0.05) is 12.6 Å². The fraction of sp³-hybridized carbons (Fsp3) is 0.500. The number of rotatable bonds is 3. The average Bonchev–Trinajstić information content (AvgIpc) is 2.91. The monoisotopic (exact) mass is 261 g/mol. The lowest BCUT2D eigenvalue weighted by Crippen LogP contribution is -2.17. The van der Waals surface area contributed by atoms with Crippen molar-refractivity contribution in [2.24, 2.45) is 11.8 Å². The van der Waals surface area contributed by atoms with Crippen LogP contribution in [0, 0.1) is 11.8 Å². The fourth-order valence-electron chi connectivity index (χ4n) is 2.93. The summed E-state index contributed by atoms with van der Waals surface area (Å²) in [4.78, 5) is 13.8. The largest absolute Gasteiger partial charge is 0.417 e. The number of nitrogen functional groups attached to an aromatic ring is 1. The second kappa shape index (κ2) is 4.64. The van der Waals surface area contributed by atoms with Crippen molar-refractivity contribution in [1.82, 2.24) is 4.98 Å². The third-order valence-corrected chi connectivity index (χ3v) is 4.18. The maximum atomic E-state index is 11.1. The molecule has 102 valence electrons. The Kier molecular flexibility index (Phi) is 2.97. The molecule has 2 aromatic rings. The zero-order valence-electron chi connectivity index (χ0n) is 11.0. The molecule has 0 saturated heterocycles. The van der Waals surface area contributed by atoms with Crippen molar-refractivity contribution in [3.05, 3.63) is 22.7 Å². The van der Waals surface area contributed by atoms with Gasteiger partial charge in [-0.25, -0.2) is 4.79 Å². The minimum absolute atomic E-state index is 0.448. The van der Waals surface area contributed by atoms with Crippen LogP contribution in [0.4, 0.5) is 11.4 Å². The van der Waals surface area contributed by atoms with E-state index in [1.807, 2.05) is 6.07 Å². The summed E-state index contributed by atoms with van der Waals surface area (Å²) in [6, 6.07) is 3.53. The minimum Gasteiger partial charge on any atom is -0.408 e. The Hall–Kier alpha value is -1.91. The fourth-order valence-corrected chi connectivity index (χ4v) is 2.93. The van der Waals surface area contributed by atoms with Crippen LogP contribution < -0.4 is 16.8 Å². The molecule has 1 aromatic carbocycles. The molecular weight excluding hydrogens is 242 g/mol. The molecule has 0 bridgehead atoms. The second-order valence-corrected chi connectivity index (χ2v) is 5.50. The van der Waals surface area contributed by atoms with Crippen LogP contribution in [-0.4, -0.2) is 11.5 Å². The normalized spacial score (nSPS) is 23.0. The number of hydrogen-bond donors (Lipinski definition) is 3. The van der Waals surface area contributed by atoms with E-state index < -0.39 is 5.76 Å². The smallest absolute Gasteiger partial charge is 0.408 e. The number of H-pyrrole nitrogens is 1. The highest BCUT2D eigenvalue weighted by molar-refractivity contribution is 5.85. The van der Waals surface area contributed by atoms with Gasteiger partial charge in [0.1, 0.15) is 0 Å². The number of aromatic nitrogens is 1. The first-order valence-corrected chi connectivity index (χ1v) is 6.79. The van der Waals surface area contributed by atoms with Crippen LogP contribution in [0.25, 0.3) is 11.1 Å². The van der Waals surface area contributed by atoms with Crippen molar-refractivity contribution in [1.29, 1.82) is 0 Å². The molecule has 1 aromatic heterocycles. The van der Waals surface area contributed by atoms with E-state index in [0.717, 1.165) is 18.2 Å². The average molecular weight is 261 g/mol. The summed E-state index contributed by atoms with van der Waals surface area (Å²) >= 11 is 0. The van der Waals surface area contributed by atoms with Crippen LogP contribution >= 0.6 is 0 Å². The Morgan fingerprint density at radius 2 is 2.32 bits per heavy atom. The van der Waals surface area contributed by atoms with Gasteiger partial charge in [-0.1, -0.05) is 19.8 Å². The Balaban J connectivity index is 1.80. The van der Waals surface area contributed by atoms with Crippen molar-refractivity contribution < 1.29 is 4.42 Å². The Morgan fingerprint density at radius 3 is 3.05 bits per heavy atom. The molecule has 1 aliphatic carbocycles. The first-order chi connectivity index (χ1) is 9.13. The van der Waals surface area contributed by atoms with E-state index in [-0.39, 0.29) is 0 Å². The molecule has 0 radical (unpaired) electrons. The number of anilines is 2. The predicted molar refractivity (Wildman–Crippen MR) is 76.2 cm³/mol. The van der Waals surface area contributed by atoms with Crippen molar-refractivity contribution >= 4 is 22.5 Å². The van der Waals surface area contributed by atoms with Gasteiger partial charge < -0.3 is 15.5 Å². The number of aromatic amines is 1. The summed E-state index contributed by atoms with van der Waals surface area (Å²) < 4.78 is 4.98. The van der Waals surface area contributed by atoms with Gasteiger partial charge in [-0.3, -0.25) is 4.98 Å². The van der Waals surface area contributed by atoms with Crippen LogP contribution in [0.3, 0.4) is 0 Å². The highest BCUT2D eigenvalue weighted by Gasteiger charge is 2.23. The molecule has 1 saturated carbocycles. The van der Waals surface area contributed by atoms with E-state index in [2.05, 4.69) is 17.2 Å². The molecule has 0 spiro atoms. The molecule has 1 fully saturated rings. The van der Waals surface area contributed by atoms with Crippen molar-refractivity contribution in [3.63, 3.8) is 0 Å². The third kappa shape index (κ3) is 2.32. The Morgan fingerprint density at radius 1 is 1.47 bits per heavy atom. The van der Waals surface area contributed by atoms with Gasteiger partial charge >= 0.3 is 5.76 Å². The van der Waals surface area contributed by atoms with Gasteiger partial charge in [0.15, 0.2) is 5.58 Å². The summed E-state index contributed by atoms with van der Waals surface area (Å²) in [5.74, 6) is 1.03. The zero-order chi connectivity index (χ0) is 13.4. The zero-order valence-corrected chi connectivity index (χ0v) is 11.0. The van der Waals surface area contributed by atoms with Crippen LogP contribution in [0.15, 0.2) is 21.3 Å². The van der Waals surface area contributed by atoms with Gasteiger partial charge in [-0.15, -0.1) is 0 Å². The molecule has 0 aliphatic heterocycles. The van der Waals surface area contributed by atoms with E-state index in [4.69, 9.17) is 10.2 Å². The number of benzene rings is 1. The molecule has 4 N–H and O–H groups in total. The maximum Gasteiger partial charge on any atom is 0.417 e. The maximum absolute atomic E-state index is 11.1.